The van der Waals surface area contributed by atoms with Gasteiger partial charge in [-0.25, -0.2) is 0 Å². The molecule has 0 radical (unpaired) electrons. The number of carbonyl (C=O) groups is 2. The molecule has 0 unspecified atom stereocenters. The zero-order chi connectivity index (χ0) is 20.3. The number of nitrogens with zero attached hydrogens (tertiary/aromatic N) is 4. The van der Waals surface area contributed by atoms with Crippen LogP contribution in [-0.4, -0.2) is 44.3 Å². The number of rotatable bonds is 9. The summed E-state index contributed by atoms with van der Waals surface area (Å²) in [6.45, 7) is 0.863. The normalized spacial score (nSPS) is 13.5. The van der Waals surface area contributed by atoms with E-state index in [1.807, 2.05) is 10.6 Å². The fraction of sp³-hybridized carbons (Fsp3) is 0.444. The van der Waals surface area contributed by atoms with Crippen LogP contribution in [0.5, 0.6) is 0 Å². The molecular weight excluding hydrogens is 421 g/mol. The van der Waals surface area contributed by atoms with Gasteiger partial charge in [0.05, 0.1) is 15.8 Å². The summed E-state index contributed by atoms with van der Waals surface area (Å²) in [7, 11) is 1.73. The summed E-state index contributed by atoms with van der Waals surface area (Å²) in [5.74, 6) is 1.07. The van der Waals surface area contributed by atoms with Crippen LogP contribution in [0.1, 0.15) is 36.6 Å². The summed E-state index contributed by atoms with van der Waals surface area (Å²) in [6, 6.07) is 5.31. The van der Waals surface area contributed by atoms with Gasteiger partial charge in [0.15, 0.2) is 5.16 Å². The van der Waals surface area contributed by atoms with Gasteiger partial charge in [0.1, 0.15) is 5.82 Å². The maximum absolute atomic E-state index is 12.5. The van der Waals surface area contributed by atoms with Crippen LogP contribution in [0, 0.1) is 0 Å². The zero-order valence-corrected chi connectivity index (χ0v) is 17.7. The molecule has 2 aromatic rings. The van der Waals surface area contributed by atoms with Crippen molar-refractivity contribution in [2.45, 2.75) is 43.4 Å². The van der Waals surface area contributed by atoms with E-state index in [0.29, 0.717) is 34.2 Å². The molecular formula is C18H21Cl2N5O2S. The molecule has 1 aliphatic carbocycles. The first-order valence-corrected chi connectivity index (χ1v) is 10.6. The molecule has 0 aliphatic heterocycles. The van der Waals surface area contributed by atoms with Crippen molar-refractivity contribution in [2.24, 2.45) is 5.73 Å². The number of halogens is 2. The van der Waals surface area contributed by atoms with Gasteiger partial charge < -0.3 is 15.2 Å². The molecule has 0 saturated heterocycles. The van der Waals surface area contributed by atoms with Gasteiger partial charge in [-0.05, 0) is 30.5 Å². The Morgan fingerprint density at radius 2 is 2.04 bits per heavy atom. The van der Waals surface area contributed by atoms with E-state index in [-0.39, 0.29) is 24.0 Å². The number of primary amides is 1. The molecule has 1 aliphatic rings. The smallest absolute Gasteiger partial charge is 0.233 e. The summed E-state index contributed by atoms with van der Waals surface area (Å²) in [5, 5.41) is 10.0. The van der Waals surface area contributed by atoms with Gasteiger partial charge in [-0.15, -0.1) is 10.2 Å². The Morgan fingerprint density at radius 3 is 2.68 bits per heavy atom. The van der Waals surface area contributed by atoms with E-state index in [1.165, 1.54) is 11.8 Å². The van der Waals surface area contributed by atoms with E-state index in [2.05, 4.69) is 10.2 Å². The lowest BCUT2D eigenvalue weighted by Gasteiger charge is -2.17. The van der Waals surface area contributed by atoms with Gasteiger partial charge in [0.2, 0.25) is 11.8 Å². The second kappa shape index (κ2) is 9.15. The minimum atomic E-state index is -0.371. The van der Waals surface area contributed by atoms with Gasteiger partial charge in [0.25, 0.3) is 0 Å². The summed E-state index contributed by atoms with van der Waals surface area (Å²) in [5.41, 5.74) is 6.18. The fourth-order valence-corrected chi connectivity index (χ4v) is 3.95. The first-order chi connectivity index (χ1) is 13.3. The van der Waals surface area contributed by atoms with E-state index in [9.17, 15) is 9.59 Å². The largest absolute Gasteiger partial charge is 0.370 e. The van der Waals surface area contributed by atoms with Crippen molar-refractivity contribution in [3.63, 3.8) is 0 Å². The van der Waals surface area contributed by atoms with Crippen LogP contribution >= 0.6 is 35.0 Å². The second-order valence-electron chi connectivity index (χ2n) is 6.77. The highest BCUT2D eigenvalue weighted by Gasteiger charge is 2.30. The van der Waals surface area contributed by atoms with Crippen molar-refractivity contribution in [2.75, 3.05) is 12.8 Å². The monoisotopic (exact) mass is 441 g/mol. The van der Waals surface area contributed by atoms with E-state index in [4.69, 9.17) is 28.9 Å². The van der Waals surface area contributed by atoms with Crippen LogP contribution in [0.15, 0.2) is 23.4 Å². The molecule has 10 heteroatoms. The number of thioether (sulfide) groups is 1. The molecule has 1 saturated carbocycles. The maximum atomic E-state index is 12.5. The molecule has 0 atom stereocenters. The Bertz CT molecular complexity index is 885. The first-order valence-electron chi connectivity index (χ1n) is 8.87. The molecule has 2 amide bonds. The van der Waals surface area contributed by atoms with E-state index >= 15 is 0 Å². The highest BCUT2D eigenvalue weighted by atomic mass is 35.5. The zero-order valence-electron chi connectivity index (χ0n) is 15.4. The van der Waals surface area contributed by atoms with Crippen molar-refractivity contribution in [1.82, 2.24) is 19.7 Å². The lowest BCUT2D eigenvalue weighted by Crippen LogP contribution is -2.28. The summed E-state index contributed by atoms with van der Waals surface area (Å²) >= 11 is 13.3. The van der Waals surface area contributed by atoms with E-state index in [1.54, 1.807) is 24.1 Å². The van der Waals surface area contributed by atoms with Crippen LogP contribution in [-0.2, 0) is 22.7 Å². The maximum Gasteiger partial charge on any atom is 0.233 e. The van der Waals surface area contributed by atoms with Crippen molar-refractivity contribution in [3.05, 3.63) is 39.6 Å². The molecule has 2 N–H and O–H groups in total. The third-order valence-corrected chi connectivity index (χ3v) is 6.11. The highest BCUT2D eigenvalue weighted by Crippen LogP contribution is 2.40. The van der Waals surface area contributed by atoms with Gasteiger partial charge in [-0.3, -0.25) is 9.59 Å². The van der Waals surface area contributed by atoms with Gasteiger partial charge >= 0.3 is 0 Å². The molecule has 7 nitrogen and oxygen atoms in total. The standard InChI is InChI=1S/C18H21Cl2N5O2S/c1-24(9-11-2-5-13(19)14(20)8-11)16(27)10-28-18-23-22-17(12-3-4-12)25(18)7-6-15(21)26/h2,5,8,12H,3-4,6-7,9-10H2,1H3,(H2,21,26). The minimum absolute atomic E-state index is 0.0477. The van der Waals surface area contributed by atoms with E-state index < -0.39 is 0 Å². The number of hydrogen-bond acceptors (Lipinski definition) is 5. The van der Waals surface area contributed by atoms with Crippen LogP contribution < -0.4 is 5.73 Å². The van der Waals surface area contributed by atoms with Crippen molar-refractivity contribution >= 4 is 46.8 Å². The van der Waals surface area contributed by atoms with Crippen LogP contribution in [0.25, 0.3) is 0 Å². The Balaban J connectivity index is 1.60. The predicted molar refractivity (Wildman–Crippen MR) is 109 cm³/mol. The third kappa shape index (κ3) is 5.40. The summed E-state index contributed by atoms with van der Waals surface area (Å²) in [6.07, 6.45) is 2.37. The Morgan fingerprint density at radius 1 is 1.29 bits per heavy atom. The van der Waals surface area contributed by atoms with Gasteiger partial charge in [-0.1, -0.05) is 41.0 Å². The minimum Gasteiger partial charge on any atom is -0.370 e. The van der Waals surface area contributed by atoms with Crippen molar-refractivity contribution in [1.29, 1.82) is 0 Å². The molecule has 0 spiro atoms. The number of carbonyl (C=O) groups excluding carboxylic acids is 2. The molecule has 1 aromatic carbocycles. The third-order valence-electron chi connectivity index (χ3n) is 4.42. The van der Waals surface area contributed by atoms with Crippen molar-refractivity contribution in [3.8, 4) is 0 Å². The number of benzene rings is 1. The molecule has 3 rings (SSSR count). The molecule has 1 fully saturated rings. The van der Waals surface area contributed by atoms with Gasteiger partial charge in [-0.2, -0.15) is 0 Å². The summed E-state index contributed by atoms with van der Waals surface area (Å²) < 4.78 is 1.92. The Hall–Kier alpha value is -1.77. The summed E-state index contributed by atoms with van der Waals surface area (Å²) in [4.78, 5) is 25.3. The lowest BCUT2D eigenvalue weighted by molar-refractivity contribution is -0.127. The average Bonchev–Trinajstić information content (AvgIpc) is 3.41. The van der Waals surface area contributed by atoms with Crippen LogP contribution in [0.3, 0.4) is 0 Å². The van der Waals surface area contributed by atoms with Gasteiger partial charge in [0, 0.05) is 32.5 Å². The SMILES string of the molecule is CN(Cc1ccc(Cl)c(Cl)c1)C(=O)CSc1nnc(C2CC2)n1CCC(N)=O. The Kier molecular flexibility index (Phi) is 6.85. The van der Waals surface area contributed by atoms with E-state index in [0.717, 1.165) is 24.2 Å². The fourth-order valence-electron chi connectivity index (χ4n) is 2.72. The number of aromatic nitrogens is 3. The second-order valence-corrected chi connectivity index (χ2v) is 8.53. The lowest BCUT2D eigenvalue weighted by atomic mass is 10.2. The predicted octanol–water partition coefficient (Wildman–Crippen LogP) is 3.09. The first kappa shape index (κ1) is 21.0. The molecule has 0 bridgehead atoms. The molecule has 1 heterocycles. The molecule has 1 aromatic heterocycles. The number of hydrogen-bond donors (Lipinski definition) is 1. The Labute approximate surface area is 177 Å². The average molecular weight is 442 g/mol. The molecule has 28 heavy (non-hydrogen) atoms. The van der Waals surface area contributed by atoms with Crippen molar-refractivity contribution < 1.29 is 9.59 Å². The number of nitrogens with two attached hydrogens (primary N) is 1. The van der Waals surface area contributed by atoms with Crippen LogP contribution in [0.4, 0.5) is 0 Å². The number of amides is 2. The topological polar surface area (TPSA) is 94.1 Å². The highest BCUT2D eigenvalue weighted by molar-refractivity contribution is 7.99. The van der Waals surface area contributed by atoms with Crippen LogP contribution in [0.2, 0.25) is 10.0 Å². The molecule has 150 valence electrons. The quantitative estimate of drug-likeness (QED) is 0.603.